The van der Waals surface area contributed by atoms with E-state index in [9.17, 15) is 9.59 Å². The van der Waals surface area contributed by atoms with E-state index in [1.807, 2.05) is 0 Å². The Hall–Kier alpha value is -2.11. The van der Waals surface area contributed by atoms with Crippen LogP contribution in [0.15, 0.2) is 18.3 Å². The molecule has 0 aliphatic carbocycles. The molecular weight excluding hydrogens is 212 g/mol. The van der Waals surface area contributed by atoms with Gasteiger partial charge in [-0.2, -0.15) is 4.90 Å². The van der Waals surface area contributed by atoms with Crippen LogP contribution in [-0.2, 0) is 9.53 Å². The predicted molar refractivity (Wildman–Crippen MR) is 54.2 cm³/mol. The quantitative estimate of drug-likeness (QED) is 0.708. The van der Waals surface area contributed by atoms with Gasteiger partial charge < -0.3 is 9.47 Å². The zero-order valence-corrected chi connectivity index (χ0v) is 8.67. The molecule has 0 saturated carbocycles. The average molecular weight is 222 g/mol. The molecule has 0 bridgehead atoms. The SMILES string of the molecule is CCOC(=O)N1C(=O)COc2cccnc21. The van der Waals surface area contributed by atoms with E-state index in [2.05, 4.69) is 4.98 Å². The van der Waals surface area contributed by atoms with Crippen molar-refractivity contribution in [3.8, 4) is 5.75 Å². The minimum absolute atomic E-state index is 0.178. The average Bonchev–Trinajstić information content (AvgIpc) is 2.29. The standard InChI is InChI=1S/C10H10N2O4/c1-2-15-10(14)12-8(13)6-16-7-4-3-5-11-9(7)12/h3-5H,2,6H2,1H3. The molecule has 1 aliphatic rings. The highest BCUT2D eigenvalue weighted by Gasteiger charge is 2.32. The summed E-state index contributed by atoms with van der Waals surface area (Å²) in [7, 11) is 0. The number of anilines is 1. The summed E-state index contributed by atoms with van der Waals surface area (Å²) in [4.78, 5) is 27.9. The third-order valence-corrected chi connectivity index (χ3v) is 2.01. The highest BCUT2D eigenvalue weighted by atomic mass is 16.6. The second kappa shape index (κ2) is 4.18. The minimum atomic E-state index is -0.726. The molecule has 0 radical (unpaired) electrons. The van der Waals surface area contributed by atoms with Gasteiger partial charge in [-0.15, -0.1) is 0 Å². The summed E-state index contributed by atoms with van der Waals surface area (Å²) in [6.07, 6.45) is 0.753. The molecule has 0 fully saturated rings. The number of imide groups is 1. The summed E-state index contributed by atoms with van der Waals surface area (Å²) < 4.78 is 9.91. The van der Waals surface area contributed by atoms with Crippen LogP contribution in [0.25, 0.3) is 0 Å². The Kier molecular flexibility index (Phi) is 2.72. The Morgan fingerprint density at radius 2 is 2.50 bits per heavy atom. The van der Waals surface area contributed by atoms with Crippen molar-refractivity contribution in [1.29, 1.82) is 0 Å². The number of pyridine rings is 1. The van der Waals surface area contributed by atoms with E-state index in [-0.39, 0.29) is 19.0 Å². The topological polar surface area (TPSA) is 68.7 Å². The van der Waals surface area contributed by atoms with Gasteiger partial charge in [-0.3, -0.25) is 4.79 Å². The third kappa shape index (κ3) is 1.69. The Morgan fingerprint density at radius 1 is 1.69 bits per heavy atom. The number of nitrogens with zero attached hydrogens (tertiary/aromatic N) is 2. The van der Waals surface area contributed by atoms with Gasteiger partial charge in [0.1, 0.15) is 0 Å². The lowest BCUT2D eigenvalue weighted by Gasteiger charge is -2.25. The molecule has 0 spiro atoms. The maximum atomic E-state index is 11.6. The summed E-state index contributed by atoms with van der Waals surface area (Å²) in [5.74, 6) is 0.0944. The molecule has 0 N–H and O–H groups in total. The predicted octanol–water partition coefficient (Wildman–Crippen LogP) is 0.964. The second-order valence-electron chi connectivity index (χ2n) is 3.04. The van der Waals surface area contributed by atoms with Crippen molar-refractivity contribution in [2.24, 2.45) is 0 Å². The maximum absolute atomic E-state index is 11.6. The number of hydrogen-bond donors (Lipinski definition) is 0. The van der Waals surface area contributed by atoms with Crippen molar-refractivity contribution in [3.05, 3.63) is 18.3 Å². The zero-order chi connectivity index (χ0) is 11.5. The van der Waals surface area contributed by atoms with Crippen molar-refractivity contribution >= 4 is 17.8 Å². The van der Waals surface area contributed by atoms with E-state index >= 15 is 0 Å². The van der Waals surface area contributed by atoms with E-state index in [4.69, 9.17) is 9.47 Å². The molecule has 1 aromatic heterocycles. The molecule has 0 saturated heterocycles. The van der Waals surface area contributed by atoms with Gasteiger partial charge in [0.25, 0.3) is 5.91 Å². The summed E-state index contributed by atoms with van der Waals surface area (Å²) >= 11 is 0. The molecule has 84 valence electrons. The van der Waals surface area contributed by atoms with Crippen LogP contribution in [0.2, 0.25) is 0 Å². The second-order valence-corrected chi connectivity index (χ2v) is 3.04. The number of hydrogen-bond acceptors (Lipinski definition) is 5. The van der Waals surface area contributed by atoms with Gasteiger partial charge in [0.15, 0.2) is 18.2 Å². The van der Waals surface area contributed by atoms with Crippen LogP contribution >= 0.6 is 0 Å². The van der Waals surface area contributed by atoms with E-state index < -0.39 is 12.0 Å². The van der Waals surface area contributed by atoms with Crippen molar-refractivity contribution in [1.82, 2.24) is 4.98 Å². The molecule has 0 aromatic carbocycles. The smallest absolute Gasteiger partial charge is 0.422 e. The lowest BCUT2D eigenvalue weighted by molar-refractivity contribution is -0.120. The maximum Gasteiger partial charge on any atom is 0.422 e. The largest absolute Gasteiger partial charge is 0.480 e. The Labute approximate surface area is 91.8 Å². The van der Waals surface area contributed by atoms with Crippen LogP contribution in [0.5, 0.6) is 5.75 Å². The first kappa shape index (κ1) is 10.4. The van der Waals surface area contributed by atoms with Gasteiger partial charge in [0.2, 0.25) is 0 Å². The number of carbonyl (C=O) groups excluding carboxylic acids is 2. The van der Waals surface area contributed by atoms with Gasteiger partial charge in [-0.05, 0) is 19.1 Å². The van der Waals surface area contributed by atoms with Crippen molar-refractivity contribution in [2.45, 2.75) is 6.92 Å². The van der Waals surface area contributed by atoms with Gasteiger partial charge in [-0.25, -0.2) is 9.78 Å². The first-order valence-corrected chi connectivity index (χ1v) is 4.81. The van der Waals surface area contributed by atoms with Gasteiger partial charge in [0, 0.05) is 6.20 Å². The molecule has 1 aromatic rings. The molecule has 2 rings (SSSR count). The van der Waals surface area contributed by atoms with Crippen LogP contribution in [0.1, 0.15) is 6.92 Å². The van der Waals surface area contributed by atoms with Gasteiger partial charge in [0.05, 0.1) is 6.61 Å². The number of carbonyl (C=O) groups is 2. The normalized spacial score (nSPS) is 14.1. The monoisotopic (exact) mass is 222 g/mol. The van der Waals surface area contributed by atoms with Crippen LogP contribution in [0.4, 0.5) is 10.6 Å². The van der Waals surface area contributed by atoms with Crippen LogP contribution in [0.3, 0.4) is 0 Å². The van der Waals surface area contributed by atoms with Gasteiger partial charge >= 0.3 is 6.09 Å². The van der Waals surface area contributed by atoms with Gasteiger partial charge in [-0.1, -0.05) is 0 Å². The van der Waals surface area contributed by atoms with E-state index in [1.165, 1.54) is 6.20 Å². The number of rotatable bonds is 1. The lowest BCUT2D eigenvalue weighted by atomic mass is 10.3. The Morgan fingerprint density at radius 3 is 3.25 bits per heavy atom. The molecular formula is C10H10N2O4. The van der Waals surface area contributed by atoms with Crippen LogP contribution in [-0.4, -0.2) is 30.2 Å². The number of aromatic nitrogens is 1. The summed E-state index contributed by atoms with van der Waals surface area (Å²) in [6, 6.07) is 3.30. The fourth-order valence-electron chi connectivity index (χ4n) is 1.36. The van der Waals surface area contributed by atoms with Crippen molar-refractivity contribution in [2.75, 3.05) is 18.1 Å². The lowest BCUT2D eigenvalue weighted by Crippen LogP contribution is -2.44. The molecule has 0 unspecified atom stereocenters. The van der Waals surface area contributed by atoms with Crippen LogP contribution < -0.4 is 9.64 Å². The molecule has 6 heteroatoms. The third-order valence-electron chi connectivity index (χ3n) is 2.01. The highest BCUT2D eigenvalue weighted by molar-refractivity contribution is 6.14. The minimum Gasteiger partial charge on any atom is -0.480 e. The Bertz CT molecular complexity index is 433. The zero-order valence-electron chi connectivity index (χ0n) is 8.67. The van der Waals surface area contributed by atoms with Crippen LogP contribution in [0, 0.1) is 0 Å². The Balaban J connectivity index is 2.37. The molecule has 2 heterocycles. The first-order valence-electron chi connectivity index (χ1n) is 4.81. The molecule has 2 amide bonds. The number of amides is 2. The van der Waals surface area contributed by atoms with E-state index in [0.717, 1.165) is 4.90 Å². The molecule has 0 atom stereocenters. The fourth-order valence-corrected chi connectivity index (χ4v) is 1.36. The number of ether oxygens (including phenoxy) is 2. The fraction of sp³-hybridized carbons (Fsp3) is 0.300. The summed E-state index contributed by atoms with van der Waals surface area (Å²) in [5, 5.41) is 0. The summed E-state index contributed by atoms with van der Waals surface area (Å²) in [5.41, 5.74) is 0. The van der Waals surface area contributed by atoms with E-state index in [1.54, 1.807) is 19.1 Å². The molecule has 6 nitrogen and oxygen atoms in total. The number of fused-ring (bicyclic) bond motifs is 1. The van der Waals surface area contributed by atoms with E-state index in [0.29, 0.717) is 5.75 Å². The highest BCUT2D eigenvalue weighted by Crippen LogP contribution is 2.29. The van der Waals surface area contributed by atoms with Crippen molar-refractivity contribution in [3.63, 3.8) is 0 Å². The first-order chi connectivity index (χ1) is 7.74. The molecule has 1 aliphatic heterocycles. The molecule has 16 heavy (non-hydrogen) atoms. The van der Waals surface area contributed by atoms with Crippen molar-refractivity contribution < 1.29 is 19.1 Å². The summed E-state index contributed by atoms with van der Waals surface area (Å²) in [6.45, 7) is 1.69.